The zero-order valence-electron chi connectivity index (χ0n) is 16.3. The molecule has 0 saturated carbocycles. The van der Waals surface area contributed by atoms with Gasteiger partial charge in [0.05, 0.1) is 12.8 Å². The molecule has 0 amide bonds. The molecule has 0 aromatic carbocycles. The zero-order chi connectivity index (χ0) is 21.7. The molecule has 0 radical (unpaired) electrons. The van der Waals surface area contributed by atoms with Crippen molar-refractivity contribution >= 4 is 35.8 Å². The van der Waals surface area contributed by atoms with E-state index in [2.05, 4.69) is 14.2 Å². The topological polar surface area (TPSA) is 150 Å². The van der Waals surface area contributed by atoms with E-state index in [0.717, 1.165) is 0 Å². The van der Waals surface area contributed by atoms with E-state index in [1.165, 1.54) is 0 Å². The van der Waals surface area contributed by atoms with Gasteiger partial charge in [-0.2, -0.15) is 0 Å². The first-order chi connectivity index (χ1) is 13.1. The molecule has 28 heavy (non-hydrogen) atoms. The van der Waals surface area contributed by atoms with Crippen LogP contribution in [0.3, 0.4) is 0 Å². The van der Waals surface area contributed by atoms with Gasteiger partial charge in [0.1, 0.15) is 0 Å². The van der Waals surface area contributed by atoms with Crippen LogP contribution in [0.1, 0.15) is 72.1 Å². The molecule has 0 fully saturated rings. The fourth-order valence-corrected chi connectivity index (χ4v) is 1.97. The van der Waals surface area contributed by atoms with E-state index in [1.807, 2.05) is 0 Å². The lowest BCUT2D eigenvalue weighted by atomic mass is 9.95. The van der Waals surface area contributed by atoms with E-state index in [-0.39, 0.29) is 19.3 Å². The van der Waals surface area contributed by atoms with Gasteiger partial charge in [-0.15, -0.1) is 0 Å². The molecule has 0 saturated heterocycles. The second-order valence-corrected chi connectivity index (χ2v) is 6.09. The van der Waals surface area contributed by atoms with Crippen molar-refractivity contribution in [3.63, 3.8) is 0 Å². The number of rotatable bonds is 11. The number of carbonyl (C=O) groups excluding carboxylic acids is 6. The molecule has 1 N–H and O–H groups in total. The summed E-state index contributed by atoms with van der Waals surface area (Å²) in [5.41, 5.74) is -2.84. The highest BCUT2D eigenvalue weighted by atomic mass is 16.6. The van der Waals surface area contributed by atoms with Crippen LogP contribution in [-0.2, 0) is 43.0 Å². The quantitative estimate of drug-likeness (QED) is 0.302. The number of hydrogen-bond acceptors (Lipinski definition) is 10. The second-order valence-electron chi connectivity index (χ2n) is 6.09. The van der Waals surface area contributed by atoms with Crippen molar-refractivity contribution in [2.45, 2.75) is 77.7 Å². The van der Waals surface area contributed by atoms with Crippen LogP contribution < -0.4 is 0 Å². The fourth-order valence-electron chi connectivity index (χ4n) is 1.97. The van der Waals surface area contributed by atoms with Crippen molar-refractivity contribution in [3.05, 3.63) is 0 Å². The average molecular weight is 402 g/mol. The predicted octanol–water partition coefficient (Wildman–Crippen LogP) is 1.11. The molecule has 0 aliphatic heterocycles. The molecule has 0 aromatic rings. The number of ether oxygens (including phenoxy) is 3. The van der Waals surface area contributed by atoms with Crippen LogP contribution in [0.5, 0.6) is 0 Å². The molecule has 0 aliphatic carbocycles. The summed E-state index contributed by atoms with van der Waals surface area (Å²) in [6, 6.07) is 0. The van der Waals surface area contributed by atoms with E-state index >= 15 is 0 Å². The molecule has 10 heteroatoms. The Labute approximate surface area is 162 Å². The molecule has 0 bridgehead atoms. The van der Waals surface area contributed by atoms with E-state index < -0.39 is 54.3 Å². The third-order valence-corrected chi connectivity index (χ3v) is 3.28. The van der Waals surface area contributed by atoms with Crippen molar-refractivity contribution in [2.24, 2.45) is 0 Å². The number of hydrogen-bond donors (Lipinski definition) is 1. The zero-order valence-corrected chi connectivity index (χ0v) is 16.3. The normalized spacial score (nSPS) is 10.7. The lowest BCUT2D eigenvalue weighted by Gasteiger charge is -2.23. The van der Waals surface area contributed by atoms with Crippen LogP contribution >= 0.6 is 0 Å². The molecule has 0 spiro atoms. The van der Waals surface area contributed by atoms with Crippen molar-refractivity contribution < 1.29 is 48.1 Å². The van der Waals surface area contributed by atoms with Gasteiger partial charge in [-0.3, -0.25) is 24.0 Å². The third kappa shape index (κ3) is 9.91. The van der Waals surface area contributed by atoms with Gasteiger partial charge in [0.25, 0.3) is 0 Å². The maximum Gasteiger partial charge on any atom is 0.346 e. The molecule has 0 aliphatic rings. The van der Waals surface area contributed by atoms with Gasteiger partial charge in [0, 0.05) is 19.3 Å². The Kier molecular flexibility index (Phi) is 11.5. The monoisotopic (exact) mass is 402 g/mol. The Bertz CT molecular complexity index is 573. The van der Waals surface area contributed by atoms with Gasteiger partial charge in [-0.25, -0.2) is 4.79 Å². The lowest BCUT2D eigenvalue weighted by molar-refractivity contribution is -0.184. The van der Waals surface area contributed by atoms with Crippen LogP contribution in [0.2, 0.25) is 0 Å². The highest BCUT2D eigenvalue weighted by molar-refractivity contribution is 5.98. The predicted molar refractivity (Wildman–Crippen MR) is 92.2 cm³/mol. The largest absolute Gasteiger partial charge is 0.393 e. The summed E-state index contributed by atoms with van der Waals surface area (Å²) in [6.07, 6.45) is -1.41. The Morgan fingerprint density at radius 3 is 1.25 bits per heavy atom. The highest BCUT2D eigenvalue weighted by Gasteiger charge is 2.45. The molecule has 0 unspecified atom stereocenters. The average Bonchev–Trinajstić information content (AvgIpc) is 2.54. The first-order valence-corrected chi connectivity index (χ1v) is 9.02. The summed E-state index contributed by atoms with van der Waals surface area (Å²) < 4.78 is 13.3. The lowest BCUT2D eigenvalue weighted by Crippen LogP contribution is -2.46. The molecular weight excluding hydrogens is 376 g/mol. The first-order valence-electron chi connectivity index (χ1n) is 9.02. The van der Waals surface area contributed by atoms with Crippen LogP contribution in [0.4, 0.5) is 0 Å². The minimum absolute atomic E-state index is 0.0723. The molecule has 0 heterocycles. The maximum atomic E-state index is 12.2. The maximum absolute atomic E-state index is 12.2. The number of aliphatic hydroxyl groups is 1. The number of esters is 6. The van der Waals surface area contributed by atoms with Crippen molar-refractivity contribution in [1.82, 2.24) is 0 Å². The third-order valence-electron chi connectivity index (χ3n) is 3.28. The summed E-state index contributed by atoms with van der Waals surface area (Å²) in [5.74, 6) is -6.92. The van der Waals surface area contributed by atoms with Gasteiger partial charge in [-0.05, 0) is 19.3 Å². The smallest absolute Gasteiger partial charge is 0.346 e. The Morgan fingerprint density at radius 2 is 0.929 bits per heavy atom. The van der Waals surface area contributed by atoms with Gasteiger partial charge < -0.3 is 19.3 Å². The Balaban J connectivity index is 5.28. The first kappa shape index (κ1) is 25.4. The Hall–Kier alpha value is -2.62. The molecule has 158 valence electrons. The molecule has 0 rings (SSSR count). The van der Waals surface area contributed by atoms with E-state index in [9.17, 15) is 33.9 Å². The summed E-state index contributed by atoms with van der Waals surface area (Å²) in [7, 11) is 0. The van der Waals surface area contributed by atoms with Gasteiger partial charge in [-0.1, -0.05) is 20.8 Å². The van der Waals surface area contributed by atoms with E-state index in [1.54, 1.807) is 20.8 Å². The summed E-state index contributed by atoms with van der Waals surface area (Å²) in [4.78, 5) is 70.1. The van der Waals surface area contributed by atoms with E-state index in [4.69, 9.17) is 0 Å². The number of carbonyl (C=O) groups is 6. The van der Waals surface area contributed by atoms with Crippen LogP contribution in [-0.4, -0.2) is 46.5 Å². The summed E-state index contributed by atoms with van der Waals surface area (Å²) in [5, 5.41) is 10.5. The van der Waals surface area contributed by atoms with Crippen molar-refractivity contribution in [3.8, 4) is 0 Å². The van der Waals surface area contributed by atoms with Crippen LogP contribution in [0.25, 0.3) is 0 Å². The summed E-state index contributed by atoms with van der Waals surface area (Å²) >= 11 is 0. The Morgan fingerprint density at radius 1 is 0.607 bits per heavy atom. The van der Waals surface area contributed by atoms with Gasteiger partial charge >= 0.3 is 35.8 Å². The molecule has 10 nitrogen and oxygen atoms in total. The van der Waals surface area contributed by atoms with Gasteiger partial charge in [0.15, 0.2) is 5.60 Å². The molecule has 0 aromatic heterocycles. The highest BCUT2D eigenvalue weighted by Crippen LogP contribution is 2.21. The minimum atomic E-state index is -2.84. The second kappa shape index (κ2) is 12.7. The molecule has 0 atom stereocenters. The van der Waals surface area contributed by atoms with Crippen LogP contribution in [0, 0.1) is 0 Å². The standard InChI is InChI=1S/C18H26O10/c1-4-7-12(19)26-15(22)10-18(25,17(24)28-14(21)9-6-3)11-16(23)27-13(20)8-5-2/h25H,4-11H2,1-3H3. The van der Waals surface area contributed by atoms with Gasteiger partial charge in [0.2, 0.25) is 0 Å². The fraction of sp³-hybridized carbons (Fsp3) is 0.667. The van der Waals surface area contributed by atoms with Crippen molar-refractivity contribution in [2.75, 3.05) is 0 Å². The SMILES string of the molecule is CCCC(=O)OC(=O)CC(O)(CC(=O)OC(=O)CCC)C(=O)OC(=O)CCC. The van der Waals surface area contributed by atoms with Crippen LogP contribution in [0.15, 0.2) is 0 Å². The minimum Gasteiger partial charge on any atom is -0.393 e. The summed E-state index contributed by atoms with van der Waals surface area (Å²) in [6.45, 7) is 4.98. The molecular formula is C18H26O10. The van der Waals surface area contributed by atoms with Crippen molar-refractivity contribution in [1.29, 1.82) is 0 Å². The van der Waals surface area contributed by atoms with E-state index in [0.29, 0.717) is 19.3 Å².